The normalized spacial score (nSPS) is 10.3. The molecule has 0 spiro atoms. The number of anilines is 2. The lowest BCUT2D eigenvalue weighted by Crippen LogP contribution is -2.19. The Morgan fingerprint density at radius 3 is 2.74 bits per heavy atom. The zero-order valence-electron chi connectivity index (χ0n) is 9.83. The molecule has 19 heavy (non-hydrogen) atoms. The van der Waals surface area contributed by atoms with E-state index in [1.165, 1.54) is 6.20 Å². The summed E-state index contributed by atoms with van der Waals surface area (Å²) in [4.78, 5) is 11.8. The van der Waals surface area contributed by atoms with E-state index in [9.17, 15) is 4.79 Å². The van der Waals surface area contributed by atoms with Gasteiger partial charge in [0, 0.05) is 5.39 Å². The van der Waals surface area contributed by atoms with Crippen LogP contribution in [0, 0.1) is 0 Å². The van der Waals surface area contributed by atoms with Crippen LogP contribution in [-0.4, -0.2) is 14.8 Å². The number of fused-ring (bicyclic) bond motifs is 1. The van der Waals surface area contributed by atoms with Crippen molar-refractivity contribution in [2.45, 2.75) is 0 Å². The van der Waals surface area contributed by atoms with Gasteiger partial charge in [0.05, 0.1) is 23.6 Å². The van der Waals surface area contributed by atoms with Crippen LogP contribution in [0.1, 0.15) is 0 Å². The largest absolute Gasteiger partial charge is 0.324 e. The summed E-state index contributed by atoms with van der Waals surface area (Å²) in [6.07, 6.45) is 1.51. The van der Waals surface area contributed by atoms with Crippen molar-refractivity contribution in [3.05, 3.63) is 48.7 Å². The monoisotopic (exact) mass is 270 g/mol. The van der Waals surface area contributed by atoms with Crippen LogP contribution in [0.15, 0.2) is 48.7 Å². The molecule has 3 rings (SSSR count). The van der Waals surface area contributed by atoms with E-state index < -0.39 is 0 Å². The molecule has 0 saturated carbocycles. The summed E-state index contributed by atoms with van der Waals surface area (Å²) in [6, 6.07) is 13.3. The highest BCUT2D eigenvalue weighted by molar-refractivity contribution is 6.99. The molecular weight excluding hydrogens is 260 g/mol. The molecule has 0 atom stereocenters. The highest BCUT2D eigenvalue weighted by Gasteiger charge is 2.06. The number of rotatable bonds is 2. The number of nitrogens with one attached hydrogen (secondary N) is 2. The highest BCUT2D eigenvalue weighted by atomic mass is 32.1. The molecule has 0 bridgehead atoms. The number of urea groups is 1. The zero-order chi connectivity index (χ0) is 13.1. The number of benzene rings is 2. The predicted molar refractivity (Wildman–Crippen MR) is 76.5 cm³/mol. The fourth-order valence-electron chi connectivity index (χ4n) is 1.82. The fourth-order valence-corrected chi connectivity index (χ4v) is 2.20. The average Bonchev–Trinajstić information content (AvgIpc) is 2.92. The number of hydrogen-bond acceptors (Lipinski definition) is 4. The average molecular weight is 270 g/mol. The third-order valence-electron chi connectivity index (χ3n) is 2.64. The molecule has 0 aliphatic heterocycles. The summed E-state index contributed by atoms with van der Waals surface area (Å²) in [7, 11) is 0. The van der Waals surface area contributed by atoms with E-state index in [4.69, 9.17) is 0 Å². The maximum atomic E-state index is 11.8. The Kier molecular flexibility index (Phi) is 3.07. The van der Waals surface area contributed by atoms with Crippen molar-refractivity contribution in [2.75, 3.05) is 10.6 Å². The van der Waals surface area contributed by atoms with Crippen LogP contribution < -0.4 is 10.6 Å². The van der Waals surface area contributed by atoms with Crippen LogP contribution in [-0.2, 0) is 0 Å². The Labute approximate surface area is 113 Å². The number of amides is 2. The van der Waals surface area contributed by atoms with Crippen LogP contribution in [0.2, 0.25) is 0 Å². The van der Waals surface area contributed by atoms with Crippen molar-refractivity contribution in [3.8, 4) is 0 Å². The maximum Gasteiger partial charge on any atom is 0.324 e. The zero-order valence-corrected chi connectivity index (χ0v) is 10.6. The minimum absolute atomic E-state index is 0.330. The summed E-state index contributed by atoms with van der Waals surface area (Å²) in [5.74, 6) is 0.447. The Morgan fingerprint density at radius 2 is 1.89 bits per heavy atom. The molecule has 0 saturated heterocycles. The quantitative estimate of drug-likeness (QED) is 0.750. The van der Waals surface area contributed by atoms with Crippen molar-refractivity contribution in [2.24, 2.45) is 0 Å². The lowest BCUT2D eigenvalue weighted by molar-refractivity contribution is 0.262. The first-order valence-corrected chi connectivity index (χ1v) is 6.39. The molecular formula is C13H10N4OS. The van der Waals surface area contributed by atoms with Crippen molar-refractivity contribution >= 4 is 40.0 Å². The van der Waals surface area contributed by atoms with Gasteiger partial charge >= 0.3 is 6.03 Å². The van der Waals surface area contributed by atoms with E-state index in [1.54, 1.807) is 0 Å². The van der Waals surface area contributed by atoms with Crippen LogP contribution in [0.25, 0.3) is 10.8 Å². The number of carbonyl (C=O) groups excluding carboxylic acids is 1. The van der Waals surface area contributed by atoms with Gasteiger partial charge in [0.15, 0.2) is 5.82 Å². The Balaban J connectivity index is 1.83. The summed E-state index contributed by atoms with van der Waals surface area (Å²) >= 11 is 1.05. The van der Waals surface area contributed by atoms with Crippen LogP contribution in [0.5, 0.6) is 0 Å². The SMILES string of the molecule is O=C(Nc1cnsn1)Nc1cccc2ccccc12. The first kappa shape index (κ1) is 11.6. The van der Waals surface area contributed by atoms with Crippen LogP contribution in [0.3, 0.4) is 0 Å². The number of nitrogens with zero attached hydrogens (tertiary/aromatic N) is 2. The fraction of sp³-hybridized carbons (Fsp3) is 0. The van der Waals surface area contributed by atoms with Crippen molar-refractivity contribution in [1.82, 2.24) is 8.75 Å². The third-order valence-corrected chi connectivity index (χ3v) is 3.12. The van der Waals surface area contributed by atoms with E-state index in [0.29, 0.717) is 5.82 Å². The van der Waals surface area contributed by atoms with E-state index >= 15 is 0 Å². The second kappa shape index (κ2) is 5.03. The lowest BCUT2D eigenvalue weighted by Gasteiger charge is -2.08. The molecule has 1 heterocycles. The highest BCUT2D eigenvalue weighted by Crippen LogP contribution is 2.22. The second-order valence-electron chi connectivity index (χ2n) is 3.90. The Morgan fingerprint density at radius 1 is 1.05 bits per heavy atom. The molecule has 94 valence electrons. The van der Waals surface area contributed by atoms with Gasteiger partial charge in [0.2, 0.25) is 0 Å². The van der Waals surface area contributed by atoms with Gasteiger partial charge in [0.25, 0.3) is 0 Å². The van der Waals surface area contributed by atoms with Gasteiger partial charge in [-0.25, -0.2) is 4.79 Å². The molecule has 6 heteroatoms. The predicted octanol–water partition coefficient (Wildman–Crippen LogP) is 3.34. The smallest absolute Gasteiger partial charge is 0.307 e. The standard InChI is InChI=1S/C13H10N4OS/c18-13(16-12-8-14-19-17-12)15-11-7-3-5-9-4-1-2-6-10(9)11/h1-8H,(H2,15,16,17,18). The summed E-state index contributed by atoms with van der Waals surface area (Å²) in [5, 5.41) is 7.51. The van der Waals surface area contributed by atoms with Crippen molar-refractivity contribution in [3.63, 3.8) is 0 Å². The molecule has 2 aromatic carbocycles. The van der Waals surface area contributed by atoms with Gasteiger partial charge in [0.1, 0.15) is 0 Å². The Bertz CT molecular complexity index is 706. The molecule has 5 nitrogen and oxygen atoms in total. The number of carbonyl (C=O) groups is 1. The number of hydrogen-bond donors (Lipinski definition) is 2. The second-order valence-corrected chi connectivity index (χ2v) is 4.46. The van der Waals surface area contributed by atoms with Gasteiger partial charge in [-0.15, -0.1) is 0 Å². The van der Waals surface area contributed by atoms with Crippen LogP contribution >= 0.6 is 11.7 Å². The van der Waals surface area contributed by atoms with E-state index in [0.717, 1.165) is 28.2 Å². The first-order valence-electron chi connectivity index (χ1n) is 5.66. The molecule has 2 N–H and O–H groups in total. The minimum Gasteiger partial charge on any atom is -0.307 e. The van der Waals surface area contributed by atoms with E-state index in [-0.39, 0.29) is 6.03 Å². The summed E-state index contributed by atoms with van der Waals surface area (Å²) in [5.41, 5.74) is 0.763. The molecule has 0 aliphatic carbocycles. The van der Waals surface area contributed by atoms with Gasteiger partial charge in [-0.05, 0) is 11.5 Å². The van der Waals surface area contributed by atoms with Crippen molar-refractivity contribution < 1.29 is 4.79 Å². The molecule has 0 fully saturated rings. The molecule has 2 amide bonds. The molecule has 0 radical (unpaired) electrons. The summed E-state index contributed by atoms with van der Waals surface area (Å²) in [6.45, 7) is 0. The van der Waals surface area contributed by atoms with Crippen LogP contribution in [0.4, 0.5) is 16.3 Å². The minimum atomic E-state index is -0.330. The van der Waals surface area contributed by atoms with E-state index in [1.807, 2.05) is 42.5 Å². The Hall–Kier alpha value is -2.47. The van der Waals surface area contributed by atoms with Crippen molar-refractivity contribution in [1.29, 1.82) is 0 Å². The molecule has 3 aromatic rings. The molecule has 1 aromatic heterocycles. The number of aromatic nitrogens is 2. The lowest BCUT2D eigenvalue weighted by atomic mass is 10.1. The topological polar surface area (TPSA) is 66.9 Å². The van der Waals surface area contributed by atoms with Gasteiger partial charge < -0.3 is 5.32 Å². The van der Waals surface area contributed by atoms with E-state index in [2.05, 4.69) is 19.4 Å². The van der Waals surface area contributed by atoms with Gasteiger partial charge in [-0.1, -0.05) is 36.4 Å². The molecule has 0 unspecified atom stereocenters. The van der Waals surface area contributed by atoms with Gasteiger partial charge in [-0.3, -0.25) is 5.32 Å². The van der Waals surface area contributed by atoms with Gasteiger partial charge in [-0.2, -0.15) is 8.75 Å². The molecule has 0 aliphatic rings. The maximum absolute atomic E-state index is 11.8. The summed E-state index contributed by atoms with van der Waals surface area (Å²) < 4.78 is 7.74. The first-order chi connectivity index (χ1) is 9.33. The third kappa shape index (κ3) is 2.53.